The van der Waals surface area contributed by atoms with E-state index < -0.39 is 0 Å². The summed E-state index contributed by atoms with van der Waals surface area (Å²) in [6.45, 7) is 8.77. The topological polar surface area (TPSA) is 25.2 Å². The molecule has 3 heteroatoms. The van der Waals surface area contributed by atoms with E-state index in [-0.39, 0.29) is 11.4 Å². The van der Waals surface area contributed by atoms with Crippen LogP contribution in [0.15, 0.2) is 22.8 Å². The van der Waals surface area contributed by atoms with Crippen molar-refractivity contribution in [3.05, 3.63) is 35.3 Å². The van der Waals surface area contributed by atoms with Gasteiger partial charge in [-0.2, -0.15) is 0 Å². The molecule has 0 amide bonds. The fraction of sp³-hybridized carbons (Fsp3) is 0.429. The van der Waals surface area contributed by atoms with Crippen molar-refractivity contribution >= 4 is 11.0 Å². The lowest BCUT2D eigenvalue weighted by Crippen LogP contribution is -2.35. The number of aryl methyl sites for hydroxylation is 1. The third kappa shape index (κ3) is 2.50. The summed E-state index contributed by atoms with van der Waals surface area (Å²) < 4.78 is 19.2. The fourth-order valence-corrected chi connectivity index (χ4v) is 1.79. The Labute approximate surface area is 101 Å². The van der Waals surface area contributed by atoms with E-state index in [0.29, 0.717) is 17.5 Å². The number of benzene rings is 1. The smallest absolute Gasteiger partial charge is 0.140 e. The maximum Gasteiger partial charge on any atom is 0.140 e. The molecule has 92 valence electrons. The van der Waals surface area contributed by atoms with Gasteiger partial charge in [-0.15, -0.1) is 0 Å². The first-order valence-electron chi connectivity index (χ1n) is 5.79. The quantitative estimate of drug-likeness (QED) is 0.857. The zero-order valence-electron chi connectivity index (χ0n) is 10.7. The van der Waals surface area contributed by atoms with Crippen molar-refractivity contribution in [1.82, 2.24) is 5.32 Å². The number of hydrogen-bond acceptors (Lipinski definition) is 2. The Morgan fingerprint density at radius 3 is 2.65 bits per heavy atom. The van der Waals surface area contributed by atoms with Crippen molar-refractivity contribution in [2.45, 2.75) is 39.8 Å². The van der Waals surface area contributed by atoms with Crippen LogP contribution in [0.2, 0.25) is 0 Å². The van der Waals surface area contributed by atoms with Crippen LogP contribution in [0, 0.1) is 12.7 Å². The highest BCUT2D eigenvalue weighted by atomic mass is 19.1. The summed E-state index contributed by atoms with van der Waals surface area (Å²) in [4.78, 5) is 0. The second-order valence-corrected chi connectivity index (χ2v) is 5.43. The number of fused-ring (bicyclic) bond motifs is 1. The van der Waals surface area contributed by atoms with Crippen LogP contribution in [0.3, 0.4) is 0 Å². The Kier molecular flexibility index (Phi) is 2.96. The predicted molar refractivity (Wildman–Crippen MR) is 67.5 cm³/mol. The molecule has 2 aromatic rings. The zero-order chi connectivity index (χ0) is 12.6. The van der Waals surface area contributed by atoms with Gasteiger partial charge >= 0.3 is 0 Å². The van der Waals surface area contributed by atoms with Gasteiger partial charge in [0.25, 0.3) is 0 Å². The van der Waals surface area contributed by atoms with Crippen molar-refractivity contribution < 1.29 is 8.81 Å². The molecule has 0 bridgehead atoms. The SMILES string of the molecule is Cc1ccc(F)c2c(CNC(C)(C)C)coc12. The number of rotatable bonds is 2. The number of nitrogens with one attached hydrogen (secondary N) is 1. The van der Waals surface area contributed by atoms with Gasteiger partial charge in [-0.05, 0) is 39.3 Å². The molecule has 1 N–H and O–H groups in total. The van der Waals surface area contributed by atoms with Gasteiger partial charge in [0.05, 0.1) is 11.6 Å². The van der Waals surface area contributed by atoms with E-state index in [2.05, 4.69) is 26.1 Å². The highest BCUT2D eigenvalue weighted by Gasteiger charge is 2.15. The van der Waals surface area contributed by atoms with E-state index in [1.54, 1.807) is 12.3 Å². The number of furan rings is 1. The fourth-order valence-electron chi connectivity index (χ4n) is 1.79. The van der Waals surface area contributed by atoms with Gasteiger partial charge in [0, 0.05) is 17.6 Å². The largest absolute Gasteiger partial charge is 0.464 e. The minimum Gasteiger partial charge on any atom is -0.464 e. The summed E-state index contributed by atoms with van der Waals surface area (Å²) in [5, 5.41) is 3.94. The minimum absolute atomic E-state index is 0.00386. The summed E-state index contributed by atoms with van der Waals surface area (Å²) in [6, 6.07) is 3.23. The van der Waals surface area contributed by atoms with Gasteiger partial charge in [0.2, 0.25) is 0 Å². The van der Waals surface area contributed by atoms with E-state index in [1.807, 2.05) is 6.92 Å². The Morgan fingerprint density at radius 1 is 1.29 bits per heavy atom. The van der Waals surface area contributed by atoms with E-state index in [9.17, 15) is 4.39 Å². The molecule has 0 saturated carbocycles. The standard InChI is InChI=1S/C14H18FNO/c1-9-5-6-11(15)12-10(8-17-13(9)12)7-16-14(2,3)4/h5-6,8,16H,7H2,1-4H3. The Bertz CT molecular complexity index is 537. The highest BCUT2D eigenvalue weighted by Crippen LogP contribution is 2.27. The first-order chi connectivity index (χ1) is 7.88. The summed E-state index contributed by atoms with van der Waals surface area (Å²) in [5.41, 5.74) is 2.49. The minimum atomic E-state index is -0.218. The predicted octanol–water partition coefficient (Wildman–Crippen LogP) is 3.77. The monoisotopic (exact) mass is 235 g/mol. The molecular formula is C14H18FNO. The molecule has 0 spiro atoms. The summed E-state index contributed by atoms with van der Waals surface area (Å²) in [6.07, 6.45) is 1.64. The van der Waals surface area contributed by atoms with E-state index in [0.717, 1.165) is 11.1 Å². The van der Waals surface area contributed by atoms with Crippen LogP contribution >= 0.6 is 0 Å². The summed E-state index contributed by atoms with van der Waals surface area (Å²) >= 11 is 0. The van der Waals surface area contributed by atoms with Crippen LogP contribution in [0.4, 0.5) is 4.39 Å². The summed E-state index contributed by atoms with van der Waals surface area (Å²) in [7, 11) is 0. The van der Waals surface area contributed by atoms with Crippen LogP contribution in [-0.4, -0.2) is 5.54 Å². The Hall–Kier alpha value is -1.35. The van der Waals surface area contributed by atoms with E-state index in [4.69, 9.17) is 4.42 Å². The molecule has 0 aliphatic heterocycles. The van der Waals surface area contributed by atoms with Crippen molar-refractivity contribution in [3.63, 3.8) is 0 Å². The number of hydrogen-bond donors (Lipinski definition) is 1. The lowest BCUT2D eigenvalue weighted by atomic mass is 10.1. The van der Waals surface area contributed by atoms with Crippen LogP contribution in [0.5, 0.6) is 0 Å². The van der Waals surface area contributed by atoms with Crippen molar-refractivity contribution in [2.24, 2.45) is 0 Å². The van der Waals surface area contributed by atoms with Crippen molar-refractivity contribution in [1.29, 1.82) is 0 Å². The molecule has 0 saturated heterocycles. The molecule has 1 aromatic carbocycles. The molecule has 2 rings (SSSR count). The second-order valence-electron chi connectivity index (χ2n) is 5.43. The maximum atomic E-state index is 13.8. The highest BCUT2D eigenvalue weighted by molar-refractivity contribution is 5.84. The van der Waals surface area contributed by atoms with Gasteiger partial charge < -0.3 is 9.73 Å². The summed E-state index contributed by atoms with van der Waals surface area (Å²) in [5.74, 6) is -0.218. The third-order valence-corrected chi connectivity index (χ3v) is 2.75. The van der Waals surface area contributed by atoms with Crippen LogP contribution in [0.25, 0.3) is 11.0 Å². The van der Waals surface area contributed by atoms with Gasteiger partial charge in [0.15, 0.2) is 0 Å². The van der Waals surface area contributed by atoms with Gasteiger partial charge in [-0.25, -0.2) is 4.39 Å². The first-order valence-corrected chi connectivity index (χ1v) is 5.79. The molecule has 0 aliphatic rings. The van der Waals surface area contributed by atoms with Crippen LogP contribution < -0.4 is 5.32 Å². The normalized spacial score (nSPS) is 12.3. The van der Waals surface area contributed by atoms with Crippen LogP contribution in [-0.2, 0) is 6.54 Å². The molecular weight excluding hydrogens is 217 g/mol. The lowest BCUT2D eigenvalue weighted by Gasteiger charge is -2.20. The molecule has 1 aromatic heterocycles. The molecule has 1 heterocycles. The lowest BCUT2D eigenvalue weighted by molar-refractivity contribution is 0.423. The molecule has 0 aliphatic carbocycles. The molecule has 2 nitrogen and oxygen atoms in total. The molecule has 0 radical (unpaired) electrons. The van der Waals surface area contributed by atoms with Crippen molar-refractivity contribution in [3.8, 4) is 0 Å². The van der Waals surface area contributed by atoms with E-state index in [1.165, 1.54) is 6.07 Å². The van der Waals surface area contributed by atoms with E-state index >= 15 is 0 Å². The average Bonchev–Trinajstić information content (AvgIpc) is 2.64. The average molecular weight is 235 g/mol. The Morgan fingerprint density at radius 2 is 2.00 bits per heavy atom. The molecule has 0 unspecified atom stereocenters. The van der Waals surface area contributed by atoms with Gasteiger partial charge in [-0.1, -0.05) is 6.07 Å². The molecule has 0 atom stereocenters. The van der Waals surface area contributed by atoms with Gasteiger partial charge in [0.1, 0.15) is 11.4 Å². The van der Waals surface area contributed by atoms with Gasteiger partial charge in [-0.3, -0.25) is 0 Å². The van der Waals surface area contributed by atoms with Crippen LogP contribution in [0.1, 0.15) is 31.9 Å². The third-order valence-electron chi connectivity index (χ3n) is 2.75. The molecule has 0 fully saturated rings. The second kappa shape index (κ2) is 4.15. The van der Waals surface area contributed by atoms with Crippen molar-refractivity contribution in [2.75, 3.05) is 0 Å². The zero-order valence-corrected chi connectivity index (χ0v) is 10.7. The number of halogens is 1. The first kappa shape index (κ1) is 12.1. The maximum absolute atomic E-state index is 13.8. The molecule has 17 heavy (non-hydrogen) atoms. The Balaban J connectivity index is 2.39.